The Kier molecular flexibility index (Phi) is 3.07. The van der Waals surface area contributed by atoms with Gasteiger partial charge >= 0.3 is 0 Å². The Balaban J connectivity index is 1.89. The molecule has 0 saturated carbocycles. The quantitative estimate of drug-likeness (QED) is 0.809. The highest BCUT2D eigenvalue weighted by Crippen LogP contribution is 2.19. The molecular formula is C11H19N3O. The van der Waals surface area contributed by atoms with E-state index in [1.54, 1.807) is 0 Å². The van der Waals surface area contributed by atoms with Crippen LogP contribution in [0.3, 0.4) is 0 Å². The monoisotopic (exact) mass is 209 g/mol. The lowest BCUT2D eigenvalue weighted by molar-refractivity contribution is 0.0443. The van der Waals surface area contributed by atoms with Crippen LogP contribution >= 0.6 is 0 Å². The molecule has 1 fully saturated rings. The average molecular weight is 209 g/mol. The maximum absolute atomic E-state index is 5.36. The predicted molar refractivity (Wildman–Crippen MR) is 58.5 cm³/mol. The first-order valence-electron chi connectivity index (χ1n) is 5.49. The number of nitrogens with one attached hydrogen (secondary N) is 1. The summed E-state index contributed by atoms with van der Waals surface area (Å²) >= 11 is 0. The number of nitrogens with zero attached hydrogens (tertiary/aromatic N) is 2. The molecule has 4 nitrogen and oxygen atoms in total. The zero-order valence-corrected chi connectivity index (χ0v) is 9.49. The Morgan fingerprint density at radius 3 is 2.87 bits per heavy atom. The summed E-state index contributed by atoms with van der Waals surface area (Å²) in [7, 11) is 2.02. The van der Waals surface area contributed by atoms with Gasteiger partial charge in [-0.15, -0.1) is 0 Å². The van der Waals surface area contributed by atoms with Crippen molar-refractivity contribution >= 4 is 0 Å². The molecule has 0 spiro atoms. The molecule has 15 heavy (non-hydrogen) atoms. The van der Waals surface area contributed by atoms with Crippen LogP contribution in [0.25, 0.3) is 0 Å². The molecule has 1 saturated heterocycles. The minimum absolute atomic E-state index is 0.212. The highest BCUT2D eigenvalue weighted by molar-refractivity contribution is 4.94. The third kappa shape index (κ3) is 2.58. The third-order valence-electron chi connectivity index (χ3n) is 3.19. The Hall–Kier alpha value is -0.870. The number of imidazole rings is 1. The number of aromatic nitrogens is 2. The Labute approximate surface area is 90.6 Å². The fourth-order valence-corrected chi connectivity index (χ4v) is 1.86. The highest BCUT2D eigenvalue weighted by Gasteiger charge is 2.26. The van der Waals surface area contributed by atoms with Gasteiger partial charge in [-0.05, 0) is 19.8 Å². The van der Waals surface area contributed by atoms with Gasteiger partial charge in [-0.3, -0.25) is 0 Å². The summed E-state index contributed by atoms with van der Waals surface area (Å²) in [4.78, 5) is 4.30. The second-order valence-electron chi connectivity index (χ2n) is 4.48. The van der Waals surface area contributed by atoms with Crippen molar-refractivity contribution in [1.29, 1.82) is 0 Å². The van der Waals surface area contributed by atoms with Gasteiger partial charge < -0.3 is 14.6 Å². The second kappa shape index (κ2) is 4.33. The van der Waals surface area contributed by atoms with Crippen molar-refractivity contribution < 1.29 is 4.74 Å². The Morgan fingerprint density at radius 2 is 2.27 bits per heavy atom. The first kappa shape index (κ1) is 10.6. The van der Waals surface area contributed by atoms with Crippen molar-refractivity contribution in [2.24, 2.45) is 7.05 Å². The van der Waals surface area contributed by atoms with Gasteiger partial charge in [0.2, 0.25) is 0 Å². The number of hydrogen-bond donors (Lipinski definition) is 1. The number of ether oxygens (including phenoxy) is 1. The van der Waals surface area contributed by atoms with Crippen LogP contribution < -0.4 is 5.32 Å². The van der Waals surface area contributed by atoms with Crippen LogP contribution in [0.1, 0.15) is 25.6 Å². The largest absolute Gasteiger partial charge is 0.381 e. The molecule has 84 valence electrons. The zero-order valence-electron chi connectivity index (χ0n) is 9.49. The van der Waals surface area contributed by atoms with Crippen molar-refractivity contribution in [3.63, 3.8) is 0 Å². The van der Waals surface area contributed by atoms with Crippen LogP contribution in [0.2, 0.25) is 0 Å². The van der Waals surface area contributed by atoms with Gasteiger partial charge in [-0.1, -0.05) is 0 Å². The van der Waals surface area contributed by atoms with Crippen molar-refractivity contribution in [2.45, 2.75) is 31.8 Å². The van der Waals surface area contributed by atoms with E-state index in [2.05, 4.69) is 21.8 Å². The van der Waals surface area contributed by atoms with E-state index < -0.39 is 0 Å². The number of aryl methyl sites for hydroxylation is 1. The van der Waals surface area contributed by atoms with Gasteiger partial charge in [0, 0.05) is 38.2 Å². The number of hydrogen-bond acceptors (Lipinski definition) is 3. The molecule has 4 heteroatoms. The minimum Gasteiger partial charge on any atom is -0.381 e. The molecule has 0 atom stereocenters. The summed E-state index contributed by atoms with van der Waals surface area (Å²) < 4.78 is 7.42. The van der Waals surface area contributed by atoms with Crippen LogP contribution in [0.4, 0.5) is 0 Å². The molecule has 0 amide bonds. The van der Waals surface area contributed by atoms with Crippen LogP contribution in [-0.2, 0) is 18.3 Å². The van der Waals surface area contributed by atoms with Gasteiger partial charge in [-0.2, -0.15) is 0 Å². The SMILES string of the molecule is Cn1ccnc1CNC1(C)CCOCC1. The van der Waals surface area contributed by atoms with Crippen molar-refractivity contribution in [1.82, 2.24) is 14.9 Å². The fraction of sp³-hybridized carbons (Fsp3) is 0.727. The molecule has 1 aromatic rings. The molecule has 0 unspecified atom stereocenters. The summed E-state index contributed by atoms with van der Waals surface area (Å²) in [6.45, 7) is 4.83. The standard InChI is InChI=1S/C11H19N3O/c1-11(3-7-15-8-4-11)13-9-10-12-5-6-14(10)2/h5-6,13H,3-4,7-9H2,1-2H3. The molecule has 0 radical (unpaired) electrons. The molecule has 0 bridgehead atoms. The molecule has 0 aromatic carbocycles. The predicted octanol–water partition coefficient (Wildman–Crippen LogP) is 1.08. The van der Waals surface area contributed by atoms with Gasteiger partial charge in [0.15, 0.2) is 0 Å². The summed E-state index contributed by atoms with van der Waals surface area (Å²) in [6, 6.07) is 0. The van der Waals surface area contributed by atoms with E-state index in [-0.39, 0.29) is 5.54 Å². The van der Waals surface area contributed by atoms with Crippen LogP contribution in [-0.4, -0.2) is 28.3 Å². The average Bonchev–Trinajstić information content (AvgIpc) is 2.62. The molecule has 1 N–H and O–H groups in total. The van der Waals surface area contributed by atoms with Crippen LogP contribution in [0.15, 0.2) is 12.4 Å². The second-order valence-corrected chi connectivity index (χ2v) is 4.48. The lowest BCUT2D eigenvalue weighted by Gasteiger charge is -2.34. The Morgan fingerprint density at radius 1 is 1.53 bits per heavy atom. The molecule has 1 aromatic heterocycles. The molecule has 1 aliphatic rings. The lowest BCUT2D eigenvalue weighted by atomic mass is 9.92. The molecular weight excluding hydrogens is 190 g/mol. The number of rotatable bonds is 3. The van der Waals surface area contributed by atoms with Crippen molar-refractivity contribution in [3.05, 3.63) is 18.2 Å². The van der Waals surface area contributed by atoms with E-state index in [4.69, 9.17) is 4.74 Å². The van der Waals surface area contributed by atoms with E-state index in [1.807, 2.05) is 19.4 Å². The summed E-state index contributed by atoms with van der Waals surface area (Å²) in [5.74, 6) is 1.09. The normalized spacial score (nSPS) is 20.4. The smallest absolute Gasteiger partial charge is 0.122 e. The minimum atomic E-state index is 0.212. The fourth-order valence-electron chi connectivity index (χ4n) is 1.86. The van der Waals surface area contributed by atoms with Crippen LogP contribution in [0, 0.1) is 0 Å². The van der Waals surface area contributed by atoms with Gasteiger partial charge in [-0.25, -0.2) is 4.98 Å². The first-order chi connectivity index (χ1) is 7.20. The van der Waals surface area contributed by atoms with Gasteiger partial charge in [0.1, 0.15) is 5.82 Å². The zero-order chi connectivity index (χ0) is 10.7. The highest BCUT2D eigenvalue weighted by atomic mass is 16.5. The van der Waals surface area contributed by atoms with E-state index in [0.29, 0.717) is 0 Å². The summed E-state index contributed by atoms with van der Waals surface area (Å²) in [6.07, 6.45) is 5.97. The van der Waals surface area contributed by atoms with E-state index in [1.165, 1.54) is 0 Å². The lowest BCUT2D eigenvalue weighted by Crippen LogP contribution is -2.46. The maximum Gasteiger partial charge on any atom is 0.122 e. The van der Waals surface area contributed by atoms with E-state index in [9.17, 15) is 0 Å². The maximum atomic E-state index is 5.36. The molecule has 0 aliphatic carbocycles. The van der Waals surface area contributed by atoms with Crippen molar-refractivity contribution in [3.8, 4) is 0 Å². The molecule has 2 rings (SSSR count). The first-order valence-corrected chi connectivity index (χ1v) is 5.49. The topological polar surface area (TPSA) is 39.1 Å². The summed E-state index contributed by atoms with van der Waals surface area (Å²) in [5, 5.41) is 3.58. The van der Waals surface area contributed by atoms with E-state index in [0.717, 1.165) is 38.4 Å². The summed E-state index contributed by atoms with van der Waals surface area (Å²) in [5.41, 5.74) is 0.212. The molecule has 1 aliphatic heterocycles. The van der Waals surface area contributed by atoms with Gasteiger partial charge in [0.25, 0.3) is 0 Å². The van der Waals surface area contributed by atoms with E-state index >= 15 is 0 Å². The third-order valence-corrected chi connectivity index (χ3v) is 3.19. The van der Waals surface area contributed by atoms with Crippen molar-refractivity contribution in [2.75, 3.05) is 13.2 Å². The van der Waals surface area contributed by atoms with Gasteiger partial charge in [0.05, 0.1) is 6.54 Å². The van der Waals surface area contributed by atoms with Crippen LogP contribution in [0.5, 0.6) is 0 Å². The Bertz CT molecular complexity index is 315. The molecule has 2 heterocycles.